The Morgan fingerprint density at radius 2 is 0.586 bits per heavy atom. The van der Waals surface area contributed by atoms with Crippen molar-refractivity contribution in [3.63, 3.8) is 0 Å². The normalized spacial score (nSPS) is 17.6. The molecule has 0 spiro atoms. The third-order valence-electron chi connectivity index (χ3n) is 12.7. The summed E-state index contributed by atoms with van der Waals surface area (Å²) in [5.74, 6) is -9.88. The number of carboxylic acids is 3. The smallest absolute Gasteiger partial charge is 0.251 e. The maximum Gasteiger partial charge on any atom is 0.251 e. The molecule has 41 heteroatoms. The zero-order valence-electron chi connectivity index (χ0n) is 47.1. The van der Waals surface area contributed by atoms with Crippen LogP contribution in [0.3, 0.4) is 0 Å². The average molecular weight is 1280 g/mol. The van der Waals surface area contributed by atoms with Gasteiger partial charge >= 0.3 is 0 Å². The molecule has 0 radical (unpaired) electrons. The Morgan fingerprint density at radius 3 is 0.874 bits per heavy atom. The first-order chi connectivity index (χ1) is 40.8. The summed E-state index contributed by atoms with van der Waals surface area (Å²) < 4.78 is 0. The molecule has 0 aromatic carbocycles. The van der Waals surface area contributed by atoms with Crippen LogP contribution >= 0.6 is 0 Å². The largest absolute Gasteiger partial charge is 0.549 e. The molecule has 41 nitrogen and oxygen atoms in total. The van der Waals surface area contributed by atoms with E-state index < -0.39 is 264 Å². The van der Waals surface area contributed by atoms with Crippen molar-refractivity contribution in [3.8, 4) is 0 Å². The molecule has 0 fully saturated rings. The number of hydrogen-bond acceptors (Lipinski definition) is 37. The minimum Gasteiger partial charge on any atom is -0.549 e. The molecular formula is C46H86N9O32-3. The van der Waals surface area contributed by atoms with Crippen LogP contribution in [0.15, 0.2) is 0 Å². The Kier molecular flexibility index (Phi) is 42.2. The van der Waals surface area contributed by atoms with Crippen molar-refractivity contribution < 1.29 is 161 Å². The van der Waals surface area contributed by atoms with Gasteiger partial charge in [-0.05, 0) is 0 Å². The number of carbonyl (C=O) groups is 7. The summed E-state index contributed by atoms with van der Waals surface area (Å²) in [5.41, 5.74) is 4.71. The number of carboxylic acid groups (broad SMARTS) is 3. The van der Waals surface area contributed by atoms with E-state index in [-0.39, 0.29) is 26.2 Å². The lowest BCUT2D eigenvalue weighted by Gasteiger charge is -2.32. The first-order valence-electron chi connectivity index (χ1n) is 26.7. The van der Waals surface area contributed by atoms with Gasteiger partial charge in [0.2, 0.25) is 11.8 Å². The fourth-order valence-corrected chi connectivity index (χ4v) is 7.43. The number of hydrogen-bond donors (Lipinski definition) is 24. The van der Waals surface area contributed by atoms with Crippen molar-refractivity contribution in [2.45, 2.75) is 97.7 Å². The molecule has 0 aromatic rings. The minimum absolute atomic E-state index is 0.289. The topological polar surface area (TPSA) is 676 Å². The summed E-state index contributed by atoms with van der Waals surface area (Å²) in [7, 11) is 0. The van der Waals surface area contributed by atoms with E-state index in [0.717, 1.165) is 24.5 Å². The SMILES string of the molecule is O=C([O-])CN(CCN(CC(=O)[O-])CC(=O)N(CCNOCC(O)C(O)C(O)C(O)CO)CCNOCC(O)C(O)C(O)C(O)CO)CCN(CC(=O)[O-])CC(=O)N(CCNC(=O)C(O)C(O)C(O)C(O)CO)CCNC(=O)C(O)C(O)C(O)C(O)CO. The lowest BCUT2D eigenvalue weighted by atomic mass is 10.0. The molecule has 24 N–H and O–H groups in total. The fourth-order valence-electron chi connectivity index (χ4n) is 7.43. The monoisotopic (exact) mass is 1280 g/mol. The first-order valence-corrected chi connectivity index (χ1v) is 26.7. The van der Waals surface area contributed by atoms with Gasteiger partial charge in [-0.1, -0.05) is 0 Å². The Balaban J connectivity index is 6.47. The number of hydroxylamine groups is 2. The highest BCUT2D eigenvalue weighted by molar-refractivity contribution is 5.82. The van der Waals surface area contributed by atoms with Crippen LogP contribution in [0.25, 0.3) is 0 Å². The summed E-state index contributed by atoms with van der Waals surface area (Å²) in [5, 5.41) is 235. The van der Waals surface area contributed by atoms with Gasteiger partial charge in [0.05, 0.1) is 70.6 Å². The third kappa shape index (κ3) is 32.5. The van der Waals surface area contributed by atoms with Gasteiger partial charge < -0.3 is 152 Å². The Morgan fingerprint density at radius 1 is 0.333 bits per heavy atom. The van der Waals surface area contributed by atoms with Crippen LogP contribution in [0.4, 0.5) is 0 Å². The van der Waals surface area contributed by atoms with E-state index in [1.165, 1.54) is 0 Å². The Bertz CT molecular complexity index is 1900. The summed E-state index contributed by atoms with van der Waals surface area (Å²) >= 11 is 0. The van der Waals surface area contributed by atoms with Crippen LogP contribution in [0, 0.1) is 0 Å². The van der Waals surface area contributed by atoms with E-state index in [9.17, 15) is 131 Å². The van der Waals surface area contributed by atoms with Crippen LogP contribution in [0.2, 0.25) is 0 Å². The number of nitrogens with one attached hydrogen (secondary N) is 4. The number of aliphatic hydroxyl groups excluding tert-OH is 20. The van der Waals surface area contributed by atoms with Crippen LogP contribution in [0.5, 0.6) is 0 Å². The van der Waals surface area contributed by atoms with E-state index >= 15 is 0 Å². The fraction of sp³-hybridized carbons (Fsp3) is 0.848. The summed E-state index contributed by atoms with van der Waals surface area (Å²) in [6.07, 6.45) is -33.3. The molecule has 0 bridgehead atoms. The molecule has 87 heavy (non-hydrogen) atoms. The first kappa shape index (κ1) is 82.2. The highest BCUT2D eigenvalue weighted by atomic mass is 16.7. The molecule has 0 aliphatic carbocycles. The van der Waals surface area contributed by atoms with Gasteiger partial charge in [0, 0.05) is 98.2 Å². The zero-order chi connectivity index (χ0) is 66.7. The molecular weight excluding hydrogens is 1190 g/mol. The number of rotatable bonds is 52. The van der Waals surface area contributed by atoms with Gasteiger partial charge in [-0.2, -0.15) is 0 Å². The van der Waals surface area contributed by atoms with Crippen molar-refractivity contribution in [3.05, 3.63) is 0 Å². The predicted molar refractivity (Wildman–Crippen MR) is 276 cm³/mol. The second kappa shape index (κ2) is 44.6. The second-order valence-corrected chi connectivity index (χ2v) is 19.5. The van der Waals surface area contributed by atoms with Crippen LogP contribution in [-0.4, -0.2) is 417 Å². The molecule has 0 aliphatic heterocycles. The molecule has 0 rings (SSSR count). The maximum absolute atomic E-state index is 13.8. The van der Waals surface area contributed by atoms with Crippen molar-refractivity contribution in [1.29, 1.82) is 0 Å². The number of amides is 4. The quantitative estimate of drug-likeness (QED) is 0.0199. The van der Waals surface area contributed by atoms with Gasteiger partial charge in [0.15, 0.2) is 12.2 Å². The standard InChI is InChI=1S/C46H89N9O32/c56-18-24(60)35(74)39(78)28(64)22-86-49-3-7-55(8-4-50-87-23-29(65)40(79)36(75)25(61)19-57)31(67)14-53(17-34(72)73)12-10-51(15-32(68)69)9-11-52(16-33(70)71)13-30(66)54(5-1-47-45(84)43(82)41(80)37(76)26(62)20-58)6-2-48-46(85)44(83)42(81)38(77)27(63)21-59/h24-29,35-44,49-50,56-65,74-83H,1-23H2,(H,47,84)(H,48,85)(H,68,69)(H,70,71)(H,72,73)/p-3. The lowest BCUT2D eigenvalue weighted by molar-refractivity contribution is -0.308. The van der Waals surface area contributed by atoms with Crippen molar-refractivity contribution >= 4 is 41.5 Å². The molecule has 0 saturated heterocycles. The maximum atomic E-state index is 13.8. The molecule has 510 valence electrons. The Labute approximate surface area is 496 Å². The lowest BCUT2D eigenvalue weighted by Crippen LogP contribution is -2.54. The van der Waals surface area contributed by atoms with Crippen LogP contribution in [-0.2, 0) is 43.2 Å². The van der Waals surface area contributed by atoms with E-state index in [1.54, 1.807) is 0 Å². The number of nitrogens with zero attached hydrogens (tertiary/aromatic N) is 5. The van der Waals surface area contributed by atoms with E-state index in [0.29, 0.717) is 0 Å². The Hall–Kier alpha value is -4.79. The summed E-state index contributed by atoms with van der Waals surface area (Å²) in [4.78, 5) is 104. The van der Waals surface area contributed by atoms with Crippen LogP contribution < -0.4 is 36.9 Å². The molecule has 0 saturated carbocycles. The van der Waals surface area contributed by atoms with E-state index in [2.05, 4.69) is 21.6 Å². The molecule has 16 unspecified atom stereocenters. The van der Waals surface area contributed by atoms with Gasteiger partial charge in [-0.15, -0.1) is 0 Å². The number of carbonyl (C=O) groups excluding carboxylic acids is 7. The number of aliphatic hydroxyl groups is 20. The van der Waals surface area contributed by atoms with Crippen molar-refractivity contribution in [1.82, 2.24) is 46.1 Å². The highest BCUT2D eigenvalue weighted by Gasteiger charge is 2.37. The van der Waals surface area contributed by atoms with E-state index in [4.69, 9.17) is 30.1 Å². The second-order valence-electron chi connectivity index (χ2n) is 19.5. The molecule has 4 amide bonds. The molecule has 0 heterocycles. The zero-order valence-corrected chi connectivity index (χ0v) is 47.1. The molecule has 0 aliphatic rings. The predicted octanol–water partition coefficient (Wildman–Crippen LogP) is -22.2. The summed E-state index contributed by atoms with van der Waals surface area (Å²) in [6.45, 7) is -15.6. The van der Waals surface area contributed by atoms with Gasteiger partial charge in [0.25, 0.3) is 11.8 Å². The number of aliphatic carboxylic acids is 3. The minimum atomic E-state index is -2.43. The van der Waals surface area contributed by atoms with Gasteiger partial charge in [0.1, 0.15) is 85.5 Å². The van der Waals surface area contributed by atoms with Gasteiger partial charge in [-0.25, -0.2) is 11.0 Å². The van der Waals surface area contributed by atoms with Gasteiger partial charge in [-0.3, -0.25) is 43.6 Å². The molecule has 16 atom stereocenters. The molecule has 0 aromatic heterocycles. The van der Waals surface area contributed by atoms with Crippen LogP contribution in [0.1, 0.15) is 0 Å². The van der Waals surface area contributed by atoms with Crippen molar-refractivity contribution in [2.24, 2.45) is 0 Å². The summed E-state index contributed by atoms with van der Waals surface area (Å²) in [6, 6.07) is 0. The van der Waals surface area contributed by atoms with E-state index in [1.807, 2.05) is 0 Å². The third-order valence-corrected chi connectivity index (χ3v) is 12.7. The van der Waals surface area contributed by atoms with Crippen molar-refractivity contribution in [2.75, 3.05) is 151 Å². The average Bonchev–Trinajstić information content (AvgIpc) is 3.69. The highest BCUT2D eigenvalue weighted by Crippen LogP contribution is 2.10.